The van der Waals surface area contributed by atoms with E-state index in [1.54, 1.807) is 18.2 Å². The average Bonchev–Trinajstić information content (AvgIpc) is 2.79. The lowest BCUT2D eigenvalue weighted by molar-refractivity contribution is 0.265. The molecule has 2 heterocycles. The fourth-order valence-corrected chi connectivity index (χ4v) is 2.81. The van der Waals surface area contributed by atoms with Gasteiger partial charge in [-0.3, -0.25) is 15.6 Å². The molecule has 5 nitrogen and oxygen atoms in total. The number of carbonyl (C=O) groups excluding carboxylic acids is 1. The number of benzene rings is 1. The van der Waals surface area contributed by atoms with Crippen molar-refractivity contribution in [1.82, 2.24) is 10.6 Å². The van der Waals surface area contributed by atoms with Gasteiger partial charge in [-0.05, 0) is 30.0 Å². The van der Waals surface area contributed by atoms with Crippen LogP contribution in [0.5, 0.6) is 0 Å². The Hall–Kier alpha value is -1.79. The molecule has 3 rings (SSSR count). The molecular weight excluding hydrogens is 272 g/mol. The highest BCUT2D eigenvalue weighted by Crippen LogP contribution is 2.35. The Morgan fingerprint density at radius 3 is 2.56 bits per heavy atom. The first-order chi connectivity index (χ1) is 8.56. The molecule has 4 N–H and O–H groups in total. The van der Waals surface area contributed by atoms with Crippen LogP contribution < -0.4 is 10.6 Å². The normalized spacial score (nSPS) is 21.9. The molecule has 0 bridgehead atoms. The van der Waals surface area contributed by atoms with Gasteiger partial charge in [0.25, 0.3) is 5.24 Å². The van der Waals surface area contributed by atoms with E-state index in [0.29, 0.717) is 15.6 Å². The maximum atomic E-state index is 11.3. The van der Waals surface area contributed by atoms with Crippen LogP contribution in [0.25, 0.3) is 5.70 Å². The summed E-state index contributed by atoms with van der Waals surface area (Å²) in [7, 11) is 0. The van der Waals surface area contributed by atoms with Crippen molar-refractivity contribution in [1.29, 1.82) is 10.8 Å². The Labute approximate surface area is 112 Å². The third-order valence-corrected chi connectivity index (χ3v) is 3.78. The van der Waals surface area contributed by atoms with E-state index in [9.17, 15) is 4.79 Å². The van der Waals surface area contributed by atoms with Crippen LogP contribution in [0.15, 0.2) is 23.1 Å². The molecule has 1 amide bonds. The van der Waals surface area contributed by atoms with Gasteiger partial charge in [0.15, 0.2) is 0 Å². The molecule has 18 heavy (non-hydrogen) atoms. The highest BCUT2D eigenvalue weighted by molar-refractivity contribution is 8.18. The first-order valence-electron chi connectivity index (χ1n) is 5.04. The maximum Gasteiger partial charge on any atom is 0.289 e. The molecule has 2 aliphatic rings. The molecule has 1 aromatic carbocycles. The third kappa shape index (κ3) is 1.61. The molecule has 90 valence electrons. The molecule has 1 aromatic rings. The highest BCUT2D eigenvalue weighted by atomic mass is 35.5. The van der Waals surface area contributed by atoms with Gasteiger partial charge in [0.05, 0.1) is 10.6 Å². The molecule has 0 radical (unpaired) electrons. The first-order valence-corrected chi connectivity index (χ1v) is 6.23. The fourth-order valence-electron chi connectivity index (χ4n) is 1.88. The van der Waals surface area contributed by atoms with Crippen molar-refractivity contribution in [2.75, 3.05) is 0 Å². The summed E-state index contributed by atoms with van der Waals surface area (Å²) in [5, 5.41) is 21.1. The largest absolute Gasteiger partial charge is 0.339 e. The Morgan fingerprint density at radius 2 is 1.89 bits per heavy atom. The van der Waals surface area contributed by atoms with Crippen LogP contribution in [-0.2, 0) is 0 Å². The molecule has 1 fully saturated rings. The van der Waals surface area contributed by atoms with Crippen LogP contribution in [0.2, 0.25) is 5.02 Å². The van der Waals surface area contributed by atoms with E-state index in [4.69, 9.17) is 22.4 Å². The second kappa shape index (κ2) is 3.86. The van der Waals surface area contributed by atoms with Gasteiger partial charge >= 0.3 is 0 Å². The van der Waals surface area contributed by atoms with E-state index in [1.807, 2.05) is 0 Å². The van der Waals surface area contributed by atoms with Gasteiger partial charge in [0.1, 0.15) is 11.7 Å². The van der Waals surface area contributed by atoms with Gasteiger partial charge in [0, 0.05) is 16.1 Å². The first kappa shape index (κ1) is 11.3. The van der Waals surface area contributed by atoms with Crippen LogP contribution in [0.4, 0.5) is 4.79 Å². The zero-order valence-corrected chi connectivity index (χ0v) is 10.5. The quantitative estimate of drug-likeness (QED) is 0.587. The van der Waals surface area contributed by atoms with Crippen molar-refractivity contribution in [3.8, 4) is 0 Å². The molecule has 2 aliphatic heterocycles. The number of nitrogens with one attached hydrogen (secondary N) is 4. The van der Waals surface area contributed by atoms with E-state index in [0.717, 1.165) is 22.9 Å². The summed E-state index contributed by atoms with van der Waals surface area (Å²) < 4.78 is 0. The number of thioether (sulfide) groups is 1. The summed E-state index contributed by atoms with van der Waals surface area (Å²) in [5.74, 6) is 0.296. The number of amides is 1. The minimum Gasteiger partial charge on any atom is -0.339 e. The average molecular weight is 279 g/mol. The molecule has 0 saturated carbocycles. The number of carbonyl (C=O) groups is 1. The summed E-state index contributed by atoms with van der Waals surface area (Å²) in [6, 6.07) is 5.18. The van der Waals surface area contributed by atoms with Crippen molar-refractivity contribution >= 4 is 46.0 Å². The topological polar surface area (TPSA) is 88.8 Å². The van der Waals surface area contributed by atoms with Crippen molar-refractivity contribution in [2.24, 2.45) is 0 Å². The summed E-state index contributed by atoms with van der Waals surface area (Å²) >= 11 is 6.89. The van der Waals surface area contributed by atoms with Crippen molar-refractivity contribution in [2.45, 2.75) is 0 Å². The predicted octanol–water partition coefficient (Wildman–Crippen LogP) is 2.37. The van der Waals surface area contributed by atoms with Crippen molar-refractivity contribution < 1.29 is 4.79 Å². The van der Waals surface area contributed by atoms with E-state index in [2.05, 4.69) is 10.6 Å². The summed E-state index contributed by atoms with van der Waals surface area (Å²) in [4.78, 5) is 11.7. The SMILES string of the molecule is N=C1NC(=O)S/C1=C1/NC(=N)c2ccc(Cl)cc21. The molecule has 0 unspecified atom stereocenters. The molecule has 1 saturated heterocycles. The van der Waals surface area contributed by atoms with Crippen LogP contribution in [0.1, 0.15) is 11.1 Å². The standard InChI is InChI=1S/C11H7ClN4OS/c12-4-1-2-5-6(3-4)7(15-9(5)13)8-10(14)16-11(17)18-8/h1-3H,(H2,13,15)(H2,14,16,17)/b8-7+. The monoisotopic (exact) mass is 278 g/mol. The van der Waals surface area contributed by atoms with Gasteiger partial charge in [0.2, 0.25) is 0 Å². The van der Waals surface area contributed by atoms with Crippen molar-refractivity contribution in [3.63, 3.8) is 0 Å². The number of fused-ring (bicyclic) bond motifs is 1. The lowest BCUT2D eigenvalue weighted by Crippen LogP contribution is -2.19. The Bertz CT molecular complexity index is 652. The zero-order chi connectivity index (χ0) is 12.9. The molecule has 7 heteroatoms. The molecule has 0 atom stereocenters. The molecule has 0 spiro atoms. The van der Waals surface area contributed by atoms with Crippen LogP contribution in [-0.4, -0.2) is 16.9 Å². The summed E-state index contributed by atoms with van der Waals surface area (Å²) in [6.45, 7) is 0. The zero-order valence-electron chi connectivity index (χ0n) is 8.93. The number of rotatable bonds is 0. The number of halogens is 1. The predicted molar refractivity (Wildman–Crippen MR) is 72.2 cm³/mol. The van der Waals surface area contributed by atoms with E-state index >= 15 is 0 Å². The second-order valence-corrected chi connectivity index (χ2v) is 5.20. The lowest BCUT2D eigenvalue weighted by Gasteiger charge is -2.03. The van der Waals surface area contributed by atoms with Crippen LogP contribution in [0, 0.1) is 10.8 Å². The smallest absolute Gasteiger partial charge is 0.289 e. The number of hydrogen-bond donors (Lipinski definition) is 4. The summed E-state index contributed by atoms with van der Waals surface area (Å²) in [5.41, 5.74) is 2.05. The lowest BCUT2D eigenvalue weighted by atomic mass is 10.1. The number of amidine groups is 2. The number of hydrogen-bond acceptors (Lipinski definition) is 4. The van der Waals surface area contributed by atoms with Gasteiger partial charge in [-0.1, -0.05) is 11.6 Å². The Kier molecular flexibility index (Phi) is 2.42. The van der Waals surface area contributed by atoms with Crippen LogP contribution >= 0.6 is 23.4 Å². The Morgan fingerprint density at radius 1 is 1.11 bits per heavy atom. The molecule has 0 aromatic heterocycles. The summed E-state index contributed by atoms with van der Waals surface area (Å²) in [6.07, 6.45) is 0. The molecule has 0 aliphatic carbocycles. The maximum absolute atomic E-state index is 11.3. The highest BCUT2D eigenvalue weighted by Gasteiger charge is 2.31. The van der Waals surface area contributed by atoms with E-state index in [-0.39, 0.29) is 16.9 Å². The fraction of sp³-hybridized carbons (Fsp3) is 0. The van der Waals surface area contributed by atoms with Gasteiger partial charge in [-0.25, -0.2) is 0 Å². The van der Waals surface area contributed by atoms with E-state index < -0.39 is 0 Å². The van der Waals surface area contributed by atoms with Gasteiger partial charge in [-0.2, -0.15) is 0 Å². The molecular formula is C11H7ClN4OS. The van der Waals surface area contributed by atoms with Gasteiger partial charge < -0.3 is 10.6 Å². The minimum atomic E-state index is -0.286. The minimum absolute atomic E-state index is 0.0492. The third-order valence-electron chi connectivity index (χ3n) is 2.65. The van der Waals surface area contributed by atoms with E-state index in [1.165, 1.54) is 0 Å². The Balaban J connectivity index is 2.21. The van der Waals surface area contributed by atoms with Crippen LogP contribution in [0.3, 0.4) is 0 Å². The van der Waals surface area contributed by atoms with Crippen molar-refractivity contribution in [3.05, 3.63) is 39.3 Å². The second-order valence-electron chi connectivity index (χ2n) is 3.78. The van der Waals surface area contributed by atoms with Gasteiger partial charge in [-0.15, -0.1) is 0 Å².